The SMILES string of the molecule is CCn1cc(Cc2ccc3c(c2)NCCC3)cn1. The van der Waals surface area contributed by atoms with Gasteiger partial charge in [0.15, 0.2) is 0 Å². The van der Waals surface area contributed by atoms with E-state index in [1.165, 1.54) is 35.2 Å². The molecule has 0 aliphatic carbocycles. The number of fused-ring (bicyclic) bond motifs is 1. The van der Waals surface area contributed by atoms with Crippen LogP contribution in [0.4, 0.5) is 5.69 Å². The van der Waals surface area contributed by atoms with Crippen LogP contribution in [0.1, 0.15) is 30.0 Å². The van der Waals surface area contributed by atoms with Crippen LogP contribution in [0.2, 0.25) is 0 Å². The summed E-state index contributed by atoms with van der Waals surface area (Å²) in [7, 11) is 0. The van der Waals surface area contributed by atoms with E-state index >= 15 is 0 Å². The Labute approximate surface area is 108 Å². The highest BCUT2D eigenvalue weighted by molar-refractivity contribution is 5.55. The van der Waals surface area contributed by atoms with E-state index in [1.807, 2.05) is 10.9 Å². The van der Waals surface area contributed by atoms with E-state index < -0.39 is 0 Å². The molecule has 3 nitrogen and oxygen atoms in total. The number of anilines is 1. The first-order chi connectivity index (χ1) is 8.85. The number of hydrogen-bond acceptors (Lipinski definition) is 2. The van der Waals surface area contributed by atoms with Crippen LogP contribution in [0, 0.1) is 0 Å². The van der Waals surface area contributed by atoms with Crippen molar-refractivity contribution in [2.24, 2.45) is 0 Å². The molecule has 2 heterocycles. The van der Waals surface area contributed by atoms with Gasteiger partial charge in [-0.1, -0.05) is 12.1 Å². The van der Waals surface area contributed by atoms with Crippen molar-refractivity contribution in [3.63, 3.8) is 0 Å². The second-order valence-electron chi connectivity index (χ2n) is 4.90. The fourth-order valence-corrected chi connectivity index (χ4v) is 2.52. The van der Waals surface area contributed by atoms with Crippen LogP contribution in [0.15, 0.2) is 30.6 Å². The maximum absolute atomic E-state index is 4.32. The van der Waals surface area contributed by atoms with Gasteiger partial charge in [-0.2, -0.15) is 5.10 Å². The lowest BCUT2D eigenvalue weighted by atomic mass is 9.99. The Balaban J connectivity index is 1.80. The molecule has 18 heavy (non-hydrogen) atoms. The van der Waals surface area contributed by atoms with Crippen LogP contribution in [0.3, 0.4) is 0 Å². The largest absolute Gasteiger partial charge is 0.385 e. The van der Waals surface area contributed by atoms with Crippen molar-refractivity contribution in [2.75, 3.05) is 11.9 Å². The molecule has 94 valence electrons. The number of hydrogen-bond donors (Lipinski definition) is 1. The summed E-state index contributed by atoms with van der Waals surface area (Å²) in [5.41, 5.74) is 5.42. The monoisotopic (exact) mass is 241 g/mol. The van der Waals surface area contributed by atoms with E-state index in [1.54, 1.807) is 0 Å². The van der Waals surface area contributed by atoms with Gasteiger partial charge < -0.3 is 5.32 Å². The number of aromatic nitrogens is 2. The molecule has 3 heteroatoms. The molecule has 0 saturated carbocycles. The summed E-state index contributed by atoms with van der Waals surface area (Å²) in [5.74, 6) is 0. The summed E-state index contributed by atoms with van der Waals surface area (Å²) >= 11 is 0. The van der Waals surface area contributed by atoms with E-state index in [2.05, 4.69) is 41.7 Å². The van der Waals surface area contributed by atoms with Crippen molar-refractivity contribution in [1.82, 2.24) is 9.78 Å². The van der Waals surface area contributed by atoms with Crippen LogP contribution in [-0.4, -0.2) is 16.3 Å². The van der Waals surface area contributed by atoms with Crippen LogP contribution in [0.5, 0.6) is 0 Å². The number of benzene rings is 1. The number of nitrogens with zero attached hydrogens (tertiary/aromatic N) is 2. The lowest BCUT2D eigenvalue weighted by Crippen LogP contribution is -2.11. The Hall–Kier alpha value is -1.77. The number of aryl methyl sites for hydroxylation is 2. The lowest BCUT2D eigenvalue weighted by Gasteiger charge is -2.18. The zero-order valence-corrected chi connectivity index (χ0v) is 10.8. The number of rotatable bonds is 3. The summed E-state index contributed by atoms with van der Waals surface area (Å²) in [5, 5.41) is 7.80. The first kappa shape index (κ1) is 11.3. The summed E-state index contributed by atoms with van der Waals surface area (Å²) in [6.07, 6.45) is 7.52. The minimum Gasteiger partial charge on any atom is -0.385 e. The van der Waals surface area contributed by atoms with E-state index in [-0.39, 0.29) is 0 Å². The van der Waals surface area contributed by atoms with E-state index in [9.17, 15) is 0 Å². The Morgan fingerprint density at radius 1 is 1.33 bits per heavy atom. The van der Waals surface area contributed by atoms with Crippen molar-refractivity contribution in [3.05, 3.63) is 47.3 Å². The maximum atomic E-state index is 4.32. The Kier molecular flexibility index (Phi) is 3.05. The predicted octanol–water partition coefficient (Wildman–Crippen LogP) is 2.85. The molecule has 1 aliphatic rings. The van der Waals surface area contributed by atoms with Gasteiger partial charge in [0.25, 0.3) is 0 Å². The van der Waals surface area contributed by atoms with E-state index in [0.29, 0.717) is 0 Å². The Bertz CT molecular complexity index is 542. The van der Waals surface area contributed by atoms with Gasteiger partial charge >= 0.3 is 0 Å². The molecule has 0 saturated heterocycles. The highest BCUT2D eigenvalue weighted by Crippen LogP contribution is 2.24. The normalized spacial score (nSPS) is 14.1. The highest BCUT2D eigenvalue weighted by Gasteiger charge is 2.09. The van der Waals surface area contributed by atoms with Crippen LogP contribution >= 0.6 is 0 Å². The smallest absolute Gasteiger partial charge is 0.0525 e. The quantitative estimate of drug-likeness (QED) is 0.895. The molecule has 0 radical (unpaired) electrons. The van der Waals surface area contributed by atoms with Crippen molar-refractivity contribution in [2.45, 2.75) is 32.7 Å². The van der Waals surface area contributed by atoms with Gasteiger partial charge in [-0.15, -0.1) is 0 Å². The first-order valence-corrected chi connectivity index (χ1v) is 6.72. The third-order valence-corrected chi connectivity index (χ3v) is 3.53. The average molecular weight is 241 g/mol. The lowest BCUT2D eigenvalue weighted by molar-refractivity contribution is 0.659. The van der Waals surface area contributed by atoms with Crippen molar-refractivity contribution in [3.8, 4) is 0 Å². The molecule has 1 aromatic carbocycles. The van der Waals surface area contributed by atoms with Crippen molar-refractivity contribution in [1.29, 1.82) is 0 Å². The summed E-state index contributed by atoms with van der Waals surface area (Å²) < 4.78 is 1.98. The predicted molar refractivity (Wildman–Crippen MR) is 74.0 cm³/mol. The third kappa shape index (κ3) is 2.26. The molecule has 1 aromatic heterocycles. The second kappa shape index (κ2) is 4.84. The molecular formula is C15H19N3. The maximum Gasteiger partial charge on any atom is 0.0525 e. The molecule has 0 unspecified atom stereocenters. The van der Waals surface area contributed by atoms with Crippen LogP contribution in [0.25, 0.3) is 0 Å². The average Bonchev–Trinajstić information content (AvgIpc) is 2.86. The molecule has 2 aromatic rings. The van der Waals surface area contributed by atoms with Gasteiger partial charge in [-0.05, 0) is 42.5 Å². The molecule has 3 rings (SSSR count). The zero-order valence-electron chi connectivity index (χ0n) is 10.8. The zero-order chi connectivity index (χ0) is 12.4. The standard InChI is InChI=1S/C15H19N3/c1-2-18-11-13(10-17-18)8-12-5-6-14-4-3-7-16-15(14)9-12/h5-6,9-11,16H,2-4,7-8H2,1H3. The van der Waals surface area contributed by atoms with Gasteiger partial charge in [-0.25, -0.2) is 0 Å². The molecule has 1 N–H and O–H groups in total. The fourth-order valence-electron chi connectivity index (χ4n) is 2.52. The Morgan fingerprint density at radius 3 is 3.11 bits per heavy atom. The molecule has 0 fully saturated rings. The minimum absolute atomic E-state index is 0.936. The minimum atomic E-state index is 0.936. The van der Waals surface area contributed by atoms with Gasteiger partial charge in [0, 0.05) is 31.4 Å². The Morgan fingerprint density at radius 2 is 2.28 bits per heavy atom. The second-order valence-corrected chi connectivity index (χ2v) is 4.90. The molecule has 0 atom stereocenters. The van der Waals surface area contributed by atoms with Crippen molar-refractivity contribution >= 4 is 5.69 Å². The van der Waals surface area contributed by atoms with E-state index in [0.717, 1.165) is 19.5 Å². The van der Waals surface area contributed by atoms with Gasteiger partial charge in [0.1, 0.15) is 0 Å². The number of nitrogens with one attached hydrogen (secondary N) is 1. The van der Waals surface area contributed by atoms with Crippen LogP contribution in [-0.2, 0) is 19.4 Å². The molecular weight excluding hydrogens is 222 g/mol. The third-order valence-electron chi connectivity index (χ3n) is 3.53. The van der Waals surface area contributed by atoms with Crippen LogP contribution < -0.4 is 5.32 Å². The summed E-state index contributed by atoms with van der Waals surface area (Å²) in [6.45, 7) is 4.15. The first-order valence-electron chi connectivity index (χ1n) is 6.72. The van der Waals surface area contributed by atoms with E-state index in [4.69, 9.17) is 0 Å². The molecule has 0 spiro atoms. The summed E-state index contributed by atoms with van der Waals surface area (Å²) in [4.78, 5) is 0. The topological polar surface area (TPSA) is 29.9 Å². The van der Waals surface area contributed by atoms with Gasteiger partial charge in [0.05, 0.1) is 6.20 Å². The highest BCUT2D eigenvalue weighted by atomic mass is 15.3. The van der Waals surface area contributed by atoms with Gasteiger partial charge in [0.2, 0.25) is 0 Å². The molecule has 1 aliphatic heterocycles. The molecule has 0 amide bonds. The molecule has 0 bridgehead atoms. The summed E-state index contributed by atoms with van der Waals surface area (Å²) in [6, 6.07) is 6.80. The fraction of sp³-hybridized carbons (Fsp3) is 0.400. The van der Waals surface area contributed by atoms with Crippen molar-refractivity contribution < 1.29 is 0 Å². The van der Waals surface area contributed by atoms with Gasteiger partial charge in [-0.3, -0.25) is 4.68 Å².